The van der Waals surface area contributed by atoms with Gasteiger partial charge in [-0.2, -0.15) is 0 Å². The van der Waals surface area contributed by atoms with E-state index in [0.29, 0.717) is 11.4 Å². The van der Waals surface area contributed by atoms with E-state index >= 15 is 0 Å². The molecule has 1 fully saturated rings. The van der Waals surface area contributed by atoms with Gasteiger partial charge in [-0.3, -0.25) is 4.79 Å². The van der Waals surface area contributed by atoms with Crippen LogP contribution in [0.4, 0.5) is 10.1 Å². The molecule has 0 spiro atoms. The Morgan fingerprint density at radius 2 is 2.15 bits per heavy atom. The summed E-state index contributed by atoms with van der Waals surface area (Å²) in [4.78, 5) is 14.1. The summed E-state index contributed by atoms with van der Waals surface area (Å²) in [6.45, 7) is 5.08. The minimum absolute atomic E-state index is 0.162. The van der Waals surface area contributed by atoms with Crippen molar-refractivity contribution in [2.24, 2.45) is 5.92 Å². The van der Waals surface area contributed by atoms with Gasteiger partial charge < -0.3 is 10.2 Å². The second-order valence-corrected chi connectivity index (χ2v) is 5.88. The molecule has 3 nitrogen and oxygen atoms in total. The average molecular weight is 299 g/mol. The second kappa shape index (κ2) is 7.04. The van der Waals surface area contributed by atoms with E-state index in [0.717, 1.165) is 25.6 Å². The van der Waals surface area contributed by atoms with Crippen LogP contribution in [-0.4, -0.2) is 30.4 Å². The van der Waals surface area contributed by atoms with Gasteiger partial charge in [0.25, 0.3) is 0 Å². The minimum Gasteiger partial charge on any atom is -0.324 e. The van der Waals surface area contributed by atoms with Crippen LogP contribution in [0, 0.1) is 11.7 Å². The minimum atomic E-state index is -0.502. The Labute approximate surface area is 124 Å². The van der Waals surface area contributed by atoms with Crippen LogP contribution in [0.2, 0.25) is 5.02 Å². The number of nitrogens with one attached hydrogen (secondary N) is 1. The molecule has 5 heteroatoms. The van der Waals surface area contributed by atoms with Crippen molar-refractivity contribution in [2.75, 3.05) is 25.0 Å². The van der Waals surface area contributed by atoms with Gasteiger partial charge in [0.2, 0.25) is 5.91 Å². The van der Waals surface area contributed by atoms with Crippen molar-refractivity contribution < 1.29 is 9.18 Å². The lowest BCUT2D eigenvalue weighted by atomic mass is 9.99. The Morgan fingerprint density at radius 3 is 2.80 bits per heavy atom. The molecule has 0 atom stereocenters. The molecule has 0 aromatic heterocycles. The molecule has 1 heterocycles. The van der Waals surface area contributed by atoms with E-state index in [4.69, 9.17) is 11.6 Å². The maximum Gasteiger partial charge on any atom is 0.225 e. The molecule has 1 amide bonds. The van der Waals surface area contributed by atoms with E-state index in [-0.39, 0.29) is 11.6 Å². The summed E-state index contributed by atoms with van der Waals surface area (Å²) in [6, 6.07) is 4.24. The largest absolute Gasteiger partial charge is 0.324 e. The first-order valence-corrected chi connectivity index (χ1v) is 7.39. The van der Waals surface area contributed by atoms with E-state index in [1.165, 1.54) is 25.0 Å². The number of anilines is 1. The summed E-state index contributed by atoms with van der Waals surface area (Å²) >= 11 is 5.67. The van der Waals surface area contributed by atoms with Gasteiger partial charge in [0.05, 0.1) is 5.69 Å². The van der Waals surface area contributed by atoms with Crippen LogP contribution >= 0.6 is 11.6 Å². The number of nitrogens with zero attached hydrogens (tertiary/aromatic N) is 1. The lowest BCUT2D eigenvalue weighted by molar-refractivity contribution is -0.116. The van der Waals surface area contributed by atoms with Gasteiger partial charge in [0.15, 0.2) is 0 Å². The van der Waals surface area contributed by atoms with Gasteiger partial charge in [0.1, 0.15) is 5.82 Å². The quantitative estimate of drug-likeness (QED) is 0.922. The highest BCUT2D eigenvalue weighted by Crippen LogP contribution is 2.19. The van der Waals surface area contributed by atoms with Crippen LogP contribution < -0.4 is 5.32 Å². The molecule has 1 aliphatic heterocycles. The zero-order valence-electron chi connectivity index (χ0n) is 11.7. The SMILES string of the molecule is CC1CCN(CCC(=O)Nc2ccc(Cl)cc2F)CC1. The molecule has 1 N–H and O–H groups in total. The Kier molecular flexibility index (Phi) is 5.38. The van der Waals surface area contributed by atoms with Gasteiger partial charge in [-0.15, -0.1) is 0 Å². The Balaban J connectivity index is 1.78. The standard InChI is InChI=1S/C15H20ClFN2O/c1-11-4-7-19(8-5-11)9-6-15(20)18-14-3-2-12(16)10-13(14)17/h2-3,10-11H,4-9H2,1H3,(H,18,20). The van der Waals surface area contributed by atoms with Gasteiger partial charge in [-0.1, -0.05) is 18.5 Å². The van der Waals surface area contributed by atoms with Crippen LogP contribution in [0.15, 0.2) is 18.2 Å². The number of carbonyl (C=O) groups excluding carboxylic acids is 1. The monoisotopic (exact) mass is 298 g/mol. The third-order valence-corrected chi connectivity index (χ3v) is 3.97. The number of amides is 1. The van der Waals surface area contributed by atoms with E-state index in [9.17, 15) is 9.18 Å². The molecular weight excluding hydrogens is 279 g/mol. The zero-order valence-corrected chi connectivity index (χ0v) is 12.4. The number of piperidine rings is 1. The maximum atomic E-state index is 13.5. The Morgan fingerprint density at radius 1 is 1.45 bits per heavy atom. The molecular formula is C15H20ClFN2O. The highest BCUT2D eigenvalue weighted by molar-refractivity contribution is 6.30. The van der Waals surface area contributed by atoms with Crippen molar-refractivity contribution >= 4 is 23.2 Å². The van der Waals surface area contributed by atoms with Crippen LogP contribution in [-0.2, 0) is 4.79 Å². The number of likely N-dealkylation sites (tertiary alicyclic amines) is 1. The predicted octanol–water partition coefficient (Wildman–Crippen LogP) is 3.54. The molecule has 0 aliphatic carbocycles. The molecule has 1 aliphatic rings. The van der Waals surface area contributed by atoms with Crippen molar-refractivity contribution in [1.29, 1.82) is 0 Å². The molecule has 1 saturated heterocycles. The number of halogens is 2. The molecule has 1 aromatic rings. The fourth-order valence-electron chi connectivity index (χ4n) is 2.35. The van der Waals surface area contributed by atoms with Gasteiger partial charge in [0, 0.05) is 18.0 Å². The lowest BCUT2D eigenvalue weighted by Gasteiger charge is -2.29. The average Bonchev–Trinajstić information content (AvgIpc) is 2.41. The van der Waals surface area contributed by atoms with Crippen molar-refractivity contribution in [3.05, 3.63) is 29.0 Å². The first kappa shape index (κ1) is 15.3. The smallest absolute Gasteiger partial charge is 0.225 e. The van der Waals surface area contributed by atoms with Gasteiger partial charge >= 0.3 is 0 Å². The van der Waals surface area contributed by atoms with E-state index in [1.807, 2.05) is 0 Å². The fourth-order valence-corrected chi connectivity index (χ4v) is 2.51. The zero-order chi connectivity index (χ0) is 14.5. The van der Waals surface area contributed by atoms with Crippen LogP contribution in [0.3, 0.4) is 0 Å². The Bertz CT molecular complexity index is 473. The van der Waals surface area contributed by atoms with E-state index in [1.54, 1.807) is 6.07 Å². The molecule has 2 rings (SSSR count). The van der Waals surface area contributed by atoms with Crippen molar-refractivity contribution in [2.45, 2.75) is 26.2 Å². The summed E-state index contributed by atoms with van der Waals surface area (Å²) in [6.07, 6.45) is 2.76. The summed E-state index contributed by atoms with van der Waals surface area (Å²) in [5.74, 6) is 0.116. The highest BCUT2D eigenvalue weighted by Gasteiger charge is 2.16. The third kappa shape index (κ3) is 4.46. The lowest BCUT2D eigenvalue weighted by Crippen LogP contribution is -2.35. The van der Waals surface area contributed by atoms with Crippen LogP contribution in [0.25, 0.3) is 0 Å². The predicted molar refractivity (Wildman–Crippen MR) is 79.5 cm³/mol. The molecule has 1 aromatic carbocycles. The van der Waals surface area contributed by atoms with Crippen LogP contribution in [0.5, 0.6) is 0 Å². The molecule has 110 valence electrons. The van der Waals surface area contributed by atoms with E-state index in [2.05, 4.69) is 17.1 Å². The molecule has 0 saturated carbocycles. The fraction of sp³-hybridized carbons (Fsp3) is 0.533. The van der Waals surface area contributed by atoms with Crippen molar-refractivity contribution in [3.8, 4) is 0 Å². The van der Waals surface area contributed by atoms with Crippen molar-refractivity contribution in [3.63, 3.8) is 0 Å². The summed E-state index contributed by atoms with van der Waals surface area (Å²) in [5, 5.41) is 2.91. The van der Waals surface area contributed by atoms with Crippen molar-refractivity contribution in [1.82, 2.24) is 4.90 Å². The number of hydrogen-bond donors (Lipinski definition) is 1. The molecule has 20 heavy (non-hydrogen) atoms. The second-order valence-electron chi connectivity index (χ2n) is 5.45. The first-order valence-electron chi connectivity index (χ1n) is 7.02. The summed E-state index contributed by atoms with van der Waals surface area (Å²) in [7, 11) is 0. The van der Waals surface area contributed by atoms with Gasteiger partial charge in [-0.25, -0.2) is 4.39 Å². The molecule has 0 bridgehead atoms. The number of benzene rings is 1. The normalized spacial score (nSPS) is 17.1. The molecule has 0 unspecified atom stereocenters. The van der Waals surface area contributed by atoms with Gasteiger partial charge in [-0.05, 0) is 50.0 Å². The number of carbonyl (C=O) groups is 1. The Hall–Kier alpha value is -1.13. The highest BCUT2D eigenvalue weighted by atomic mass is 35.5. The topological polar surface area (TPSA) is 32.3 Å². The third-order valence-electron chi connectivity index (χ3n) is 3.74. The van der Waals surface area contributed by atoms with Crippen LogP contribution in [0.1, 0.15) is 26.2 Å². The summed E-state index contributed by atoms with van der Waals surface area (Å²) in [5.41, 5.74) is 0.187. The summed E-state index contributed by atoms with van der Waals surface area (Å²) < 4.78 is 13.5. The number of rotatable bonds is 4. The number of hydrogen-bond acceptors (Lipinski definition) is 2. The first-order chi connectivity index (χ1) is 9.54. The molecule has 0 radical (unpaired) electrons. The maximum absolute atomic E-state index is 13.5. The van der Waals surface area contributed by atoms with E-state index < -0.39 is 5.82 Å².